The second-order valence-electron chi connectivity index (χ2n) is 4.58. The Hall–Kier alpha value is -1.10. The van der Waals surface area contributed by atoms with Gasteiger partial charge < -0.3 is 16.0 Å². The van der Waals surface area contributed by atoms with Crippen LogP contribution in [0.2, 0.25) is 0 Å². The molecule has 0 spiro atoms. The zero-order chi connectivity index (χ0) is 12.9. The van der Waals surface area contributed by atoms with Crippen molar-refractivity contribution in [2.24, 2.45) is 5.73 Å². The van der Waals surface area contributed by atoms with Crippen molar-refractivity contribution in [1.29, 1.82) is 0 Å². The van der Waals surface area contributed by atoms with Crippen molar-refractivity contribution in [2.75, 3.05) is 19.6 Å². The van der Waals surface area contributed by atoms with Crippen molar-refractivity contribution in [3.63, 3.8) is 0 Å². The number of rotatable bonds is 6. The molecule has 0 radical (unpaired) electrons. The van der Waals surface area contributed by atoms with E-state index in [0.717, 1.165) is 19.3 Å². The summed E-state index contributed by atoms with van der Waals surface area (Å²) in [6.45, 7) is 5.70. The Morgan fingerprint density at radius 3 is 2.29 bits per heavy atom. The molecule has 0 aromatic rings. The summed E-state index contributed by atoms with van der Waals surface area (Å²) in [4.78, 5) is 25.1. The highest BCUT2D eigenvalue weighted by Gasteiger charge is 2.39. The van der Waals surface area contributed by atoms with Crippen LogP contribution >= 0.6 is 0 Å². The van der Waals surface area contributed by atoms with Gasteiger partial charge in [-0.25, -0.2) is 0 Å². The number of amides is 2. The van der Waals surface area contributed by atoms with Gasteiger partial charge in [-0.2, -0.15) is 0 Å². The summed E-state index contributed by atoms with van der Waals surface area (Å²) in [7, 11) is 0. The van der Waals surface area contributed by atoms with Crippen LogP contribution in [-0.2, 0) is 9.59 Å². The first-order chi connectivity index (χ1) is 8.03. The van der Waals surface area contributed by atoms with Crippen LogP contribution in [0.1, 0.15) is 39.5 Å². The molecule has 1 rings (SSSR count). The van der Waals surface area contributed by atoms with Crippen LogP contribution in [0, 0.1) is 0 Å². The predicted octanol–water partition coefficient (Wildman–Crippen LogP) is 0.243. The number of nitrogens with one attached hydrogen (secondary N) is 1. The topological polar surface area (TPSA) is 75.4 Å². The smallest absolute Gasteiger partial charge is 0.240 e. The molecule has 17 heavy (non-hydrogen) atoms. The molecule has 0 unspecified atom stereocenters. The molecule has 1 aliphatic carbocycles. The third kappa shape index (κ3) is 3.43. The lowest BCUT2D eigenvalue weighted by molar-refractivity contribution is -0.131. The molecule has 1 aliphatic rings. The second kappa shape index (κ2) is 6.00. The maximum Gasteiger partial charge on any atom is 0.240 e. The van der Waals surface area contributed by atoms with E-state index in [1.165, 1.54) is 0 Å². The lowest BCUT2D eigenvalue weighted by atomic mass is 9.77. The van der Waals surface area contributed by atoms with Gasteiger partial charge in [-0.15, -0.1) is 0 Å². The van der Waals surface area contributed by atoms with Crippen LogP contribution < -0.4 is 11.1 Å². The molecule has 0 aliphatic heterocycles. The van der Waals surface area contributed by atoms with Crippen LogP contribution in [0.15, 0.2) is 0 Å². The first-order valence-electron chi connectivity index (χ1n) is 6.38. The molecule has 0 aromatic heterocycles. The largest absolute Gasteiger partial charge is 0.354 e. The molecular formula is C12H23N3O2. The van der Waals surface area contributed by atoms with Crippen molar-refractivity contribution in [1.82, 2.24) is 10.2 Å². The van der Waals surface area contributed by atoms with Crippen LogP contribution in [0.4, 0.5) is 0 Å². The Labute approximate surface area is 103 Å². The van der Waals surface area contributed by atoms with Crippen molar-refractivity contribution in [3.8, 4) is 0 Å². The number of hydrogen-bond donors (Lipinski definition) is 2. The first kappa shape index (κ1) is 14.0. The van der Waals surface area contributed by atoms with E-state index < -0.39 is 5.54 Å². The van der Waals surface area contributed by atoms with Gasteiger partial charge >= 0.3 is 0 Å². The van der Waals surface area contributed by atoms with E-state index in [1.807, 2.05) is 13.8 Å². The van der Waals surface area contributed by atoms with Crippen molar-refractivity contribution in [3.05, 3.63) is 0 Å². The fourth-order valence-corrected chi connectivity index (χ4v) is 1.98. The number of nitrogens with zero attached hydrogens (tertiary/aromatic N) is 1. The minimum absolute atomic E-state index is 0.0787. The molecule has 1 fully saturated rings. The van der Waals surface area contributed by atoms with E-state index in [2.05, 4.69) is 5.32 Å². The average molecular weight is 241 g/mol. The van der Waals surface area contributed by atoms with Crippen molar-refractivity contribution in [2.45, 2.75) is 45.1 Å². The predicted molar refractivity (Wildman–Crippen MR) is 66.3 cm³/mol. The second-order valence-corrected chi connectivity index (χ2v) is 4.58. The highest BCUT2D eigenvalue weighted by atomic mass is 16.2. The molecule has 0 saturated heterocycles. The Morgan fingerprint density at radius 1 is 1.29 bits per heavy atom. The summed E-state index contributed by atoms with van der Waals surface area (Å²) in [5, 5.41) is 2.75. The molecule has 2 amide bonds. The molecule has 0 bridgehead atoms. The molecule has 98 valence electrons. The Bertz CT molecular complexity index is 283. The SMILES string of the molecule is CCN(CC)C(=O)CCNC(=O)C1(N)CCC1. The summed E-state index contributed by atoms with van der Waals surface area (Å²) < 4.78 is 0. The molecule has 0 aromatic carbocycles. The molecule has 5 heteroatoms. The highest BCUT2D eigenvalue weighted by molar-refractivity contribution is 5.87. The minimum atomic E-state index is -0.668. The lowest BCUT2D eigenvalue weighted by Gasteiger charge is -2.36. The number of hydrogen-bond acceptors (Lipinski definition) is 3. The van der Waals surface area contributed by atoms with E-state index >= 15 is 0 Å². The monoisotopic (exact) mass is 241 g/mol. The first-order valence-corrected chi connectivity index (χ1v) is 6.38. The summed E-state index contributed by atoms with van der Waals surface area (Å²) in [5.41, 5.74) is 5.20. The van der Waals surface area contributed by atoms with Gasteiger partial charge in [-0.1, -0.05) is 0 Å². The molecule has 5 nitrogen and oxygen atoms in total. The van der Waals surface area contributed by atoms with Crippen LogP contribution in [0.5, 0.6) is 0 Å². The van der Waals surface area contributed by atoms with Gasteiger partial charge in [0, 0.05) is 26.1 Å². The highest BCUT2D eigenvalue weighted by Crippen LogP contribution is 2.28. The Balaban J connectivity index is 2.23. The summed E-state index contributed by atoms with van der Waals surface area (Å²) in [5.74, 6) is -0.0360. The average Bonchev–Trinajstić information content (AvgIpc) is 2.27. The van der Waals surface area contributed by atoms with Gasteiger partial charge in [-0.3, -0.25) is 9.59 Å². The van der Waals surface area contributed by atoms with Crippen LogP contribution in [0.25, 0.3) is 0 Å². The Kier molecular flexibility index (Phi) is 4.93. The summed E-state index contributed by atoms with van der Waals surface area (Å²) in [6.07, 6.45) is 2.87. The third-order valence-electron chi connectivity index (χ3n) is 3.44. The number of carbonyl (C=O) groups is 2. The van der Waals surface area contributed by atoms with E-state index in [-0.39, 0.29) is 11.8 Å². The van der Waals surface area contributed by atoms with E-state index in [1.54, 1.807) is 4.90 Å². The Morgan fingerprint density at radius 2 is 1.88 bits per heavy atom. The van der Waals surface area contributed by atoms with Crippen LogP contribution in [0.3, 0.4) is 0 Å². The van der Waals surface area contributed by atoms with Gasteiger partial charge in [0.25, 0.3) is 0 Å². The normalized spacial score (nSPS) is 17.1. The van der Waals surface area contributed by atoms with Gasteiger partial charge in [-0.05, 0) is 33.1 Å². The number of nitrogens with two attached hydrogens (primary N) is 1. The fraction of sp³-hybridized carbons (Fsp3) is 0.833. The van der Waals surface area contributed by atoms with Gasteiger partial charge in [0.2, 0.25) is 11.8 Å². The molecule has 1 saturated carbocycles. The fourth-order valence-electron chi connectivity index (χ4n) is 1.98. The van der Waals surface area contributed by atoms with E-state index in [9.17, 15) is 9.59 Å². The van der Waals surface area contributed by atoms with E-state index in [0.29, 0.717) is 26.1 Å². The quantitative estimate of drug-likeness (QED) is 0.699. The standard InChI is InChI=1S/C12H23N3O2/c1-3-15(4-2)10(16)6-9-14-11(17)12(13)7-5-8-12/h3-9,13H2,1-2H3,(H,14,17). The lowest BCUT2D eigenvalue weighted by Crippen LogP contribution is -2.58. The van der Waals surface area contributed by atoms with Crippen LogP contribution in [-0.4, -0.2) is 41.9 Å². The van der Waals surface area contributed by atoms with Crippen molar-refractivity contribution < 1.29 is 9.59 Å². The molecular weight excluding hydrogens is 218 g/mol. The van der Waals surface area contributed by atoms with Gasteiger partial charge in [0.05, 0.1) is 5.54 Å². The molecule has 0 atom stereocenters. The molecule has 0 heterocycles. The number of carbonyl (C=O) groups excluding carboxylic acids is 2. The van der Waals surface area contributed by atoms with E-state index in [4.69, 9.17) is 5.73 Å². The maximum atomic E-state index is 11.7. The van der Waals surface area contributed by atoms with Gasteiger partial charge in [0.1, 0.15) is 0 Å². The minimum Gasteiger partial charge on any atom is -0.354 e. The van der Waals surface area contributed by atoms with Gasteiger partial charge in [0.15, 0.2) is 0 Å². The summed E-state index contributed by atoms with van der Waals surface area (Å²) >= 11 is 0. The third-order valence-corrected chi connectivity index (χ3v) is 3.44. The zero-order valence-electron chi connectivity index (χ0n) is 10.8. The zero-order valence-corrected chi connectivity index (χ0v) is 10.8. The summed E-state index contributed by atoms with van der Waals surface area (Å²) in [6, 6.07) is 0. The van der Waals surface area contributed by atoms with Crippen molar-refractivity contribution >= 4 is 11.8 Å². The molecule has 3 N–H and O–H groups in total. The maximum absolute atomic E-state index is 11.7.